The second-order valence-electron chi connectivity index (χ2n) is 8.01. The third kappa shape index (κ3) is 6.89. The number of rotatable bonds is 10. The van der Waals surface area contributed by atoms with Crippen LogP contribution in [0.4, 0.5) is 5.95 Å². The Balaban J connectivity index is 1.15. The first-order chi connectivity index (χ1) is 16.5. The van der Waals surface area contributed by atoms with E-state index in [0.717, 1.165) is 44.4 Å². The number of aromatic nitrogens is 2. The molecule has 1 aliphatic heterocycles. The third-order valence-corrected chi connectivity index (χ3v) is 7.27. The molecule has 4 rings (SSSR count). The second-order valence-corrected chi connectivity index (χ2v) is 10.2. The molecule has 0 spiro atoms. The minimum Gasteiger partial charge on any atom is -0.494 e. The van der Waals surface area contributed by atoms with Gasteiger partial charge in [0.2, 0.25) is 16.0 Å². The van der Waals surface area contributed by atoms with Crippen molar-refractivity contribution in [3.63, 3.8) is 0 Å². The summed E-state index contributed by atoms with van der Waals surface area (Å²) in [5.74, 6) is 1.57. The van der Waals surface area contributed by atoms with Crippen molar-refractivity contribution in [2.24, 2.45) is 0 Å². The zero-order chi connectivity index (χ0) is 23.8. The number of anilines is 1. The van der Waals surface area contributed by atoms with E-state index in [1.54, 1.807) is 24.5 Å². The SMILES string of the molecule is O=S(=O)(NCCCOc1ccc(CN2CCN(c3ncccn3)CC2)cc1)c1ccc(Cl)cc1. The number of halogens is 1. The number of benzene rings is 2. The number of piperazine rings is 1. The van der Waals surface area contributed by atoms with Crippen LogP contribution in [0.1, 0.15) is 12.0 Å². The van der Waals surface area contributed by atoms with Crippen LogP contribution in [0.3, 0.4) is 0 Å². The van der Waals surface area contributed by atoms with Crippen LogP contribution in [-0.4, -0.2) is 62.6 Å². The van der Waals surface area contributed by atoms with E-state index in [1.807, 2.05) is 18.2 Å². The first-order valence-electron chi connectivity index (χ1n) is 11.2. The van der Waals surface area contributed by atoms with Crippen molar-refractivity contribution >= 4 is 27.6 Å². The molecule has 1 aromatic heterocycles. The van der Waals surface area contributed by atoms with Crippen LogP contribution >= 0.6 is 11.6 Å². The predicted molar refractivity (Wildman–Crippen MR) is 133 cm³/mol. The van der Waals surface area contributed by atoms with Crippen molar-refractivity contribution in [2.75, 3.05) is 44.2 Å². The zero-order valence-electron chi connectivity index (χ0n) is 18.8. The highest BCUT2D eigenvalue weighted by molar-refractivity contribution is 7.89. The molecular weight excluding hydrogens is 474 g/mol. The minimum atomic E-state index is -3.54. The maximum Gasteiger partial charge on any atom is 0.240 e. The molecule has 0 amide bonds. The van der Waals surface area contributed by atoms with E-state index < -0.39 is 10.0 Å². The van der Waals surface area contributed by atoms with Gasteiger partial charge in [-0.3, -0.25) is 4.90 Å². The van der Waals surface area contributed by atoms with Gasteiger partial charge in [-0.05, 0) is 54.4 Å². The summed E-state index contributed by atoms with van der Waals surface area (Å²) in [6.07, 6.45) is 4.11. The Morgan fingerprint density at radius 1 is 0.941 bits per heavy atom. The maximum atomic E-state index is 12.3. The van der Waals surface area contributed by atoms with Crippen molar-refractivity contribution in [3.05, 3.63) is 77.6 Å². The van der Waals surface area contributed by atoms with Gasteiger partial charge in [-0.2, -0.15) is 0 Å². The molecule has 1 N–H and O–H groups in total. The average Bonchev–Trinajstić information content (AvgIpc) is 2.86. The lowest BCUT2D eigenvalue weighted by atomic mass is 10.2. The monoisotopic (exact) mass is 501 g/mol. The van der Waals surface area contributed by atoms with Crippen molar-refractivity contribution in [1.29, 1.82) is 0 Å². The minimum absolute atomic E-state index is 0.197. The first kappa shape index (κ1) is 24.4. The largest absolute Gasteiger partial charge is 0.494 e. The van der Waals surface area contributed by atoms with E-state index in [4.69, 9.17) is 16.3 Å². The lowest BCUT2D eigenvalue weighted by Crippen LogP contribution is -2.46. The number of nitrogens with zero attached hydrogens (tertiary/aromatic N) is 4. The Labute approximate surface area is 205 Å². The fourth-order valence-electron chi connectivity index (χ4n) is 3.68. The molecule has 0 unspecified atom stereocenters. The lowest BCUT2D eigenvalue weighted by Gasteiger charge is -2.34. The molecule has 34 heavy (non-hydrogen) atoms. The third-order valence-electron chi connectivity index (χ3n) is 5.54. The summed E-state index contributed by atoms with van der Waals surface area (Å²) >= 11 is 5.81. The molecule has 2 aromatic carbocycles. The number of sulfonamides is 1. The van der Waals surface area contributed by atoms with E-state index in [1.165, 1.54) is 17.7 Å². The van der Waals surface area contributed by atoms with Crippen molar-refractivity contribution in [1.82, 2.24) is 19.6 Å². The Bertz CT molecular complexity index is 1140. The Morgan fingerprint density at radius 3 is 2.29 bits per heavy atom. The topological polar surface area (TPSA) is 87.7 Å². The van der Waals surface area contributed by atoms with Gasteiger partial charge in [0.15, 0.2) is 0 Å². The highest BCUT2D eigenvalue weighted by atomic mass is 35.5. The second kappa shape index (κ2) is 11.6. The highest BCUT2D eigenvalue weighted by Crippen LogP contribution is 2.17. The molecule has 180 valence electrons. The molecule has 8 nitrogen and oxygen atoms in total. The highest BCUT2D eigenvalue weighted by Gasteiger charge is 2.18. The summed E-state index contributed by atoms with van der Waals surface area (Å²) in [7, 11) is -3.54. The summed E-state index contributed by atoms with van der Waals surface area (Å²) in [6.45, 7) is 5.34. The van der Waals surface area contributed by atoms with Crippen LogP contribution in [0.5, 0.6) is 5.75 Å². The van der Waals surface area contributed by atoms with Crippen LogP contribution in [0.2, 0.25) is 5.02 Å². The van der Waals surface area contributed by atoms with Gasteiger partial charge in [-0.15, -0.1) is 0 Å². The molecule has 10 heteroatoms. The number of ether oxygens (including phenoxy) is 1. The predicted octanol–water partition coefficient (Wildman–Crippen LogP) is 3.20. The van der Waals surface area contributed by atoms with Crippen LogP contribution < -0.4 is 14.4 Å². The summed E-state index contributed by atoms with van der Waals surface area (Å²) in [5.41, 5.74) is 1.23. The van der Waals surface area contributed by atoms with Gasteiger partial charge in [-0.1, -0.05) is 23.7 Å². The summed E-state index contributed by atoms with van der Waals surface area (Å²) in [6, 6.07) is 16.0. The smallest absolute Gasteiger partial charge is 0.240 e. The van der Waals surface area contributed by atoms with Crippen LogP contribution in [0.25, 0.3) is 0 Å². The van der Waals surface area contributed by atoms with Gasteiger partial charge in [0.05, 0.1) is 11.5 Å². The van der Waals surface area contributed by atoms with Crippen molar-refractivity contribution in [3.8, 4) is 5.75 Å². The fourth-order valence-corrected chi connectivity index (χ4v) is 4.88. The first-order valence-corrected chi connectivity index (χ1v) is 13.1. The normalized spacial score (nSPS) is 14.8. The fraction of sp³-hybridized carbons (Fsp3) is 0.333. The van der Waals surface area contributed by atoms with Gasteiger partial charge >= 0.3 is 0 Å². The summed E-state index contributed by atoms with van der Waals surface area (Å²) in [4.78, 5) is 13.5. The van der Waals surface area contributed by atoms with E-state index >= 15 is 0 Å². The maximum absolute atomic E-state index is 12.3. The molecule has 0 aliphatic carbocycles. The molecule has 0 bridgehead atoms. The lowest BCUT2D eigenvalue weighted by molar-refractivity contribution is 0.248. The molecule has 1 fully saturated rings. The van der Waals surface area contributed by atoms with E-state index in [2.05, 4.69) is 36.6 Å². The Hall–Kier alpha value is -2.72. The Kier molecular flexibility index (Phi) is 8.34. The van der Waals surface area contributed by atoms with Gasteiger partial charge in [-0.25, -0.2) is 23.1 Å². The van der Waals surface area contributed by atoms with E-state index in [-0.39, 0.29) is 4.90 Å². The molecule has 1 saturated heterocycles. The van der Waals surface area contributed by atoms with E-state index in [9.17, 15) is 8.42 Å². The summed E-state index contributed by atoms with van der Waals surface area (Å²) < 4.78 is 32.9. The molecule has 1 aliphatic rings. The van der Waals surface area contributed by atoms with Crippen LogP contribution in [0.15, 0.2) is 71.9 Å². The van der Waals surface area contributed by atoms with Crippen molar-refractivity contribution in [2.45, 2.75) is 17.9 Å². The summed E-state index contributed by atoms with van der Waals surface area (Å²) in [5, 5.41) is 0.499. The van der Waals surface area contributed by atoms with Crippen molar-refractivity contribution < 1.29 is 13.2 Å². The average molecular weight is 502 g/mol. The molecule has 0 atom stereocenters. The van der Waals surface area contributed by atoms with Crippen LogP contribution in [0, 0.1) is 0 Å². The molecule has 2 heterocycles. The standard InChI is InChI=1S/C24H28ClN5O3S/c25-21-5-9-23(10-6-21)34(31,32)28-13-2-18-33-22-7-3-20(4-8-22)19-29-14-16-30(17-15-29)24-26-11-1-12-27-24/h1,3-12,28H,2,13-19H2. The van der Waals surface area contributed by atoms with Gasteiger partial charge < -0.3 is 9.64 Å². The molecule has 3 aromatic rings. The zero-order valence-corrected chi connectivity index (χ0v) is 20.4. The number of hydrogen-bond acceptors (Lipinski definition) is 7. The van der Waals surface area contributed by atoms with E-state index in [0.29, 0.717) is 24.6 Å². The molecule has 0 radical (unpaired) electrons. The molecular formula is C24H28ClN5O3S. The molecule has 0 saturated carbocycles. The van der Waals surface area contributed by atoms with Crippen LogP contribution in [-0.2, 0) is 16.6 Å². The quantitative estimate of drug-likeness (QED) is 0.427. The number of nitrogens with one attached hydrogen (secondary N) is 1. The van der Waals surface area contributed by atoms with Gasteiger partial charge in [0, 0.05) is 56.7 Å². The van der Waals surface area contributed by atoms with Gasteiger partial charge in [0.25, 0.3) is 0 Å². The van der Waals surface area contributed by atoms with Gasteiger partial charge in [0.1, 0.15) is 5.75 Å². The number of hydrogen-bond donors (Lipinski definition) is 1. The Morgan fingerprint density at radius 2 is 1.62 bits per heavy atom.